The van der Waals surface area contributed by atoms with E-state index in [2.05, 4.69) is 15.6 Å². The predicted octanol–water partition coefficient (Wildman–Crippen LogP) is 2.95. The van der Waals surface area contributed by atoms with Gasteiger partial charge in [-0.05, 0) is 53.9 Å². The first-order valence-electron chi connectivity index (χ1n) is 9.23. The number of urea groups is 1. The molecule has 29 heavy (non-hydrogen) atoms. The molecule has 2 heterocycles. The zero-order chi connectivity index (χ0) is 20.6. The van der Waals surface area contributed by atoms with Crippen LogP contribution in [0, 0.1) is 6.92 Å². The molecule has 0 spiro atoms. The number of carbonyl (C=O) groups is 3. The Labute approximate surface area is 167 Å². The maximum absolute atomic E-state index is 13.1. The highest BCUT2D eigenvalue weighted by atomic mass is 16.2. The molecule has 7 heteroatoms. The first-order chi connectivity index (χ1) is 13.9. The van der Waals surface area contributed by atoms with Crippen LogP contribution in [0.3, 0.4) is 0 Å². The minimum Gasteiger partial charge on any atom is -0.319 e. The third-order valence-corrected chi connectivity index (χ3v) is 5.09. The molecule has 1 aromatic heterocycles. The van der Waals surface area contributed by atoms with E-state index in [1.807, 2.05) is 55.5 Å². The van der Waals surface area contributed by atoms with Crippen molar-refractivity contribution >= 4 is 34.4 Å². The van der Waals surface area contributed by atoms with Crippen molar-refractivity contribution in [2.75, 3.05) is 11.9 Å². The van der Waals surface area contributed by atoms with Crippen LogP contribution in [-0.2, 0) is 15.1 Å². The number of amides is 4. The molecule has 0 saturated carbocycles. The van der Waals surface area contributed by atoms with Crippen LogP contribution in [0.2, 0.25) is 0 Å². The Morgan fingerprint density at radius 1 is 1.10 bits per heavy atom. The largest absolute Gasteiger partial charge is 0.325 e. The molecular formula is C22H20N4O3. The number of fused-ring (bicyclic) bond motifs is 1. The molecule has 2 aromatic carbocycles. The molecule has 0 bridgehead atoms. The van der Waals surface area contributed by atoms with Crippen LogP contribution in [0.5, 0.6) is 0 Å². The molecule has 2 N–H and O–H groups in total. The van der Waals surface area contributed by atoms with Gasteiger partial charge in [0.15, 0.2) is 0 Å². The third-order valence-electron chi connectivity index (χ3n) is 5.09. The monoisotopic (exact) mass is 388 g/mol. The van der Waals surface area contributed by atoms with Gasteiger partial charge in [0.2, 0.25) is 5.91 Å². The maximum atomic E-state index is 13.1. The van der Waals surface area contributed by atoms with Crippen molar-refractivity contribution < 1.29 is 14.4 Å². The van der Waals surface area contributed by atoms with E-state index in [4.69, 9.17) is 0 Å². The van der Waals surface area contributed by atoms with E-state index in [0.29, 0.717) is 11.4 Å². The van der Waals surface area contributed by atoms with E-state index >= 15 is 0 Å². The molecule has 0 radical (unpaired) electrons. The summed E-state index contributed by atoms with van der Waals surface area (Å²) in [5.74, 6) is -0.584. The van der Waals surface area contributed by atoms with Crippen LogP contribution in [-0.4, -0.2) is 34.3 Å². The highest BCUT2D eigenvalue weighted by Crippen LogP contribution is 2.31. The number of carbonyl (C=O) groups excluding carboxylic acids is 3. The number of nitrogens with one attached hydrogen (secondary N) is 2. The highest BCUT2D eigenvalue weighted by Gasteiger charge is 2.49. The molecular weight excluding hydrogens is 368 g/mol. The topological polar surface area (TPSA) is 91.4 Å². The van der Waals surface area contributed by atoms with Gasteiger partial charge in [-0.3, -0.25) is 14.5 Å². The quantitative estimate of drug-likeness (QED) is 0.672. The first kappa shape index (κ1) is 18.6. The van der Waals surface area contributed by atoms with Crippen LogP contribution < -0.4 is 10.6 Å². The molecule has 1 aliphatic heterocycles. The number of nitrogens with zero attached hydrogens (tertiary/aromatic N) is 2. The summed E-state index contributed by atoms with van der Waals surface area (Å²) in [4.78, 5) is 42.9. The number of aryl methyl sites for hydroxylation is 1. The number of benzene rings is 2. The van der Waals surface area contributed by atoms with Crippen molar-refractivity contribution in [2.45, 2.75) is 19.4 Å². The predicted molar refractivity (Wildman–Crippen MR) is 109 cm³/mol. The van der Waals surface area contributed by atoms with Gasteiger partial charge in [0.1, 0.15) is 17.9 Å². The number of anilines is 1. The Morgan fingerprint density at radius 3 is 2.62 bits per heavy atom. The van der Waals surface area contributed by atoms with E-state index in [1.165, 1.54) is 0 Å². The van der Waals surface area contributed by atoms with Gasteiger partial charge in [-0.2, -0.15) is 0 Å². The summed E-state index contributed by atoms with van der Waals surface area (Å²) in [6.45, 7) is 3.14. The van der Waals surface area contributed by atoms with Crippen LogP contribution >= 0.6 is 0 Å². The number of aromatic nitrogens is 1. The second-order valence-electron chi connectivity index (χ2n) is 7.27. The normalized spacial score (nSPS) is 18.8. The van der Waals surface area contributed by atoms with Gasteiger partial charge in [0.05, 0.1) is 0 Å². The number of hydrogen-bond donors (Lipinski definition) is 2. The van der Waals surface area contributed by atoms with Crippen molar-refractivity contribution in [1.29, 1.82) is 0 Å². The summed E-state index contributed by atoms with van der Waals surface area (Å²) in [6, 6.07) is 16.3. The van der Waals surface area contributed by atoms with Crippen LogP contribution in [0.1, 0.15) is 18.1 Å². The minimum absolute atomic E-state index is 0.374. The lowest BCUT2D eigenvalue weighted by Crippen LogP contribution is -2.42. The van der Waals surface area contributed by atoms with Crippen molar-refractivity contribution in [1.82, 2.24) is 15.2 Å². The van der Waals surface area contributed by atoms with Crippen LogP contribution in [0.4, 0.5) is 10.6 Å². The van der Waals surface area contributed by atoms with Crippen LogP contribution in [0.25, 0.3) is 10.8 Å². The Balaban J connectivity index is 1.55. The second-order valence-corrected chi connectivity index (χ2v) is 7.27. The van der Waals surface area contributed by atoms with Crippen LogP contribution in [0.15, 0.2) is 60.8 Å². The number of hydrogen-bond acceptors (Lipinski definition) is 4. The standard InChI is InChI=1S/C22H20N4O3/c1-14-9-10-23-18(11-14)24-19(27)13-26-20(28)22(2,25-21(26)29)17-8-7-15-5-3-4-6-16(15)12-17/h3-12H,13H2,1-2H3,(H,25,29)(H,23,24,27)/t22-/m1/s1. The van der Waals surface area contributed by atoms with Crippen molar-refractivity contribution in [3.63, 3.8) is 0 Å². The first-order valence-corrected chi connectivity index (χ1v) is 9.23. The fourth-order valence-electron chi connectivity index (χ4n) is 3.47. The Hall–Kier alpha value is -3.74. The summed E-state index contributed by atoms with van der Waals surface area (Å²) in [6.07, 6.45) is 1.58. The van der Waals surface area contributed by atoms with E-state index < -0.39 is 23.4 Å². The average Bonchev–Trinajstić information content (AvgIpc) is 2.91. The van der Waals surface area contributed by atoms with Gasteiger partial charge in [-0.1, -0.05) is 36.4 Å². The van der Waals surface area contributed by atoms with Gasteiger partial charge in [0.25, 0.3) is 5.91 Å². The smallest absolute Gasteiger partial charge is 0.319 e. The number of pyridine rings is 1. The van der Waals surface area contributed by atoms with Gasteiger partial charge < -0.3 is 10.6 Å². The fraction of sp³-hybridized carbons (Fsp3) is 0.182. The summed E-state index contributed by atoms with van der Waals surface area (Å²) in [5, 5.41) is 7.36. The van der Waals surface area contributed by atoms with Crippen molar-refractivity contribution in [2.24, 2.45) is 0 Å². The lowest BCUT2D eigenvalue weighted by atomic mass is 9.90. The second kappa shape index (κ2) is 7.01. The van der Waals surface area contributed by atoms with Gasteiger partial charge in [-0.15, -0.1) is 0 Å². The van der Waals surface area contributed by atoms with E-state index in [-0.39, 0.29) is 6.54 Å². The van der Waals surface area contributed by atoms with Crippen molar-refractivity contribution in [3.8, 4) is 0 Å². The number of imide groups is 1. The Bertz CT molecular complexity index is 1140. The molecule has 4 amide bonds. The molecule has 1 saturated heterocycles. The van der Waals surface area contributed by atoms with E-state index in [0.717, 1.165) is 21.2 Å². The zero-order valence-corrected chi connectivity index (χ0v) is 16.1. The molecule has 3 aromatic rings. The SMILES string of the molecule is Cc1ccnc(NC(=O)CN2C(=O)N[C@](C)(c3ccc4ccccc4c3)C2=O)c1. The molecule has 7 nitrogen and oxygen atoms in total. The summed E-state index contributed by atoms with van der Waals surface area (Å²) >= 11 is 0. The molecule has 1 aliphatic rings. The molecule has 4 rings (SSSR count). The summed E-state index contributed by atoms with van der Waals surface area (Å²) in [5.41, 5.74) is 0.371. The molecule has 1 atom stereocenters. The third kappa shape index (κ3) is 3.42. The average molecular weight is 388 g/mol. The summed E-state index contributed by atoms with van der Waals surface area (Å²) < 4.78 is 0. The lowest BCUT2D eigenvalue weighted by molar-refractivity contribution is -0.133. The summed E-state index contributed by atoms with van der Waals surface area (Å²) in [7, 11) is 0. The minimum atomic E-state index is -1.23. The lowest BCUT2D eigenvalue weighted by Gasteiger charge is -2.22. The Kier molecular flexibility index (Phi) is 4.50. The van der Waals surface area contributed by atoms with E-state index in [9.17, 15) is 14.4 Å². The Morgan fingerprint density at radius 2 is 1.86 bits per heavy atom. The molecule has 1 fully saturated rings. The maximum Gasteiger partial charge on any atom is 0.325 e. The fourth-order valence-corrected chi connectivity index (χ4v) is 3.47. The van der Waals surface area contributed by atoms with Gasteiger partial charge in [0, 0.05) is 6.20 Å². The molecule has 0 aliphatic carbocycles. The van der Waals surface area contributed by atoms with E-state index in [1.54, 1.807) is 19.2 Å². The zero-order valence-electron chi connectivity index (χ0n) is 16.1. The van der Waals surface area contributed by atoms with Gasteiger partial charge in [-0.25, -0.2) is 9.78 Å². The molecule has 146 valence electrons. The molecule has 0 unspecified atom stereocenters. The highest BCUT2D eigenvalue weighted by molar-refractivity contribution is 6.10. The van der Waals surface area contributed by atoms with Crippen molar-refractivity contribution in [3.05, 3.63) is 71.9 Å². The van der Waals surface area contributed by atoms with Gasteiger partial charge >= 0.3 is 6.03 Å². The number of rotatable bonds is 4.